The first kappa shape index (κ1) is 16.6. The van der Waals surface area contributed by atoms with Crippen LogP contribution in [-0.2, 0) is 18.0 Å². The van der Waals surface area contributed by atoms with E-state index >= 15 is 0 Å². The van der Waals surface area contributed by atoms with Crippen molar-refractivity contribution in [2.75, 3.05) is 13.2 Å². The standard InChI is InChI=1S/C5H14O8P2S/c1-5(16,4-6)2-3-12-15(10,11)13-14(7,8)9/h6,16H,2-4H2,1H3,(H,10,11)(H2,7,8,9)/t5-/m1/s1. The van der Waals surface area contributed by atoms with Crippen LogP contribution in [0.15, 0.2) is 0 Å². The van der Waals surface area contributed by atoms with Gasteiger partial charge < -0.3 is 19.8 Å². The highest BCUT2D eigenvalue weighted by atomic mass is 32.1. The van der Waals surface area contributed by atoms with Gasteiger partial charge in [0.1, 0.15) is 0 Å². The molecule has 0 aliphatic rings. The van der Waals surface area contributed by atoms with Crippen molar-refractivity contribution in [1.29, 1.82) is 0 Å². The Kier molecular flexibility index (Phi) is 6.16. The number of hydrogen-bond donors (Lipinski definition) is 5. The quantitative estimate of drug-likeness (QED) is 0.334. The zero-order valence-corrected chi connectivity index (χ0v) is 11.1. The topological polar surface area (TPSA) is 134 Å². The summed E-state index contributed by atoms with van der Waals surface area (Å²) in [4.78, 5) is 25.4. The Morgan fingerprint density at radius 3 is 2.19 bits per heavy atom. The predicted octanol–water partition coefficient (Wildman–Crippen LogP) is 0.284. The fourth-order valence-corrected chi connectivity index (χ4v) is 2.30. The molecule has 8 nitrogen and oxygen atoms in total. The third-order valence-corrected chi connectivity index (χ3v) is 4.00. The third kappa shape index (κ3) is 8.69. The molecule has 0 aromatic heterocycles. The Hall–Kier alpha value is 0.570. The second kappa shape index (κ2) is 5.95. The first-order chi connectivity index (χ1) is 6.97. The summed E-state index contributed by atoms with van der Waals surface area (Å²) in [5.74, 6) is 0. The maximum Gasteiger partial charge on any atom is 0.481 e. The number of rotatable bonds is 7. The molecule has 0 fully saturated rings. The highest BCUT2D eigenvalue weighted by Gasteiger charge is 2.32. The van der Waals surface area contributed by atoms with Crippen LogP contribution in [0.2, 0.25) is 0 Å². The van der Waals surface area contributed by atoms with Crippen molar-refractivity contribution in [3.63, 3.8) is 0 Å². The molecule has 16 heavy (non-hydrogen) atoms. The second-order valence-electron chi connectivity index (χ2n) is 3.28. The predicted molar refractivity (Wildman–Crippen MR) is 58.0 cm³/mol. The van der Waals surface area contributed by atoms with E-state index in [9.17, 15) is 9.13 Å². The molecular formula is C5H14O8P2S. The van der Waals surface area contributed by atoms with E-state index in [0.29, 0.717) is 0 Å². The van der Waals surface area contributed by atoms with E-state index in [0.717, 1.165) is 0 Å². The lowest BCUT2D eigenvalue weighted by Gasteiger charge is -2.20. The van der Waals surface area contributed by atoms with E-state index in [1.54, 1.807) is 6.92 Å². The van der Waals surface area contributed by atoms with Gasteiger partial charge in [0.2, 0.25) is 0 Å². The van der Waals surface area contributed by atoms with Crippen LogP contribution in [0.1, 0.15) is 13.3 Å². The zero-order chi connectivity index (χ0) is 13.0. The highest BCUT2D eigenvalue weighted by molar-refractivity contribution is 7.81. The molecule has 0 saturated heterocycles. The van der Waals surface area contributed by atoms with E-state index in [2.05, 4.69) is 21.5 Å². The van der Waals surface area contributed by atoms with Crippen LogP contribution in [-0.4, -0.2) is 37.7 Å². The monoisotopic (exact) mass is 296 g/mol. The molecular weight excluding hydrogens is 282 g/mol. The minimum Gasteiger partial charge on any atom is -0.395 e. The molecule has 1 unspecified atom stereocenters. The Morgan fingerprint density at radius 2 is 1.81 bits per heavy atom. The number of aliphatic hydroxyl groups is 1. The summed E-state index contributed by atoms with van der Waals surface area (Å²) < 4.78 is 28.2. The van der Waals surface area contributed by atoms with Crippen LogP contribution in [0.25, 0.3) is 0 Å². The van der Waals surface area contributed by atoms with Crippen molar-refractivity contribution < 1.29 is 37.8 Å². The van der Waals surface area contributed by atoms with Gasteiger partial charge in [0.25, 0.3) is 0 Å². The van der Waals surface area contributed by atoms with E-state index in [1.807, 2.05) is 0 Å². The van der Waals surface area contributed by atoms with Gasteiger partial charge in [-0.25, -0.2) is 9.13 Å². The maximum absolute atomic E-state index is 10.9. The van der Waals surface area contributed by atoms with Crippen molar-refractivity contribution in [1.82, 2.24) is 0 Å². The van der Waals surface area contributed by atoms with Crippen molar-refractivity contribution in [2.45, 2.75) is 18.1 Å². The first-order valence-electron chi connectivity index (χ1n) is 4.05. The minimum atomic E-state index is -5.08. The van der Waals surface area contributed by atoms with Gasteiger partial charge in [0.15, 0.2) is 0 Å². The van der Waals surface area contributed by atoms with E-state index < -0.39 is 20.4 Å². The molecule has 0 saturated carbocycles. The maximum atomic E-state index is 10.9. The molecule has 0 rings (SSSR count). The number of phosphoric acid groups is 2. The van der Waals surface area contributed by atoms with Gasteiger partial charge in [0.05, 0.1) is 13.2 Å². The normalized spacial score (nSPS) is 20.1. The van der Waals surface area contributed by atoms with Crippen LogP contribution in [0.5, 0.6) is 0 Å². The molecule has 0 radical (unpaired) electrons. The van der Waals surface area contributed by atoms with Crippen LogP contribution >= 0.6 is 28.3 Å². The Labute approximate surface area is 97.9 Å². The molecule has 4 N–H and O–H groups in total. The van der Waals surface area contributed by atoms with Crippen LogP contribution < -0.4 is 0 Å². The van der Waals surface area contributed by atoms with Crippen LogP contribution in [0.4, 0.5) is 0 Å². The van der Waals surface area contributed by atoms with Crippen molar-refractivity contribution >= 4 is 28.3 Å². The van der Waals surface area contributed by atoms with Gasteiger partial charge in [-0.15, -0.1) is 0 Å². The fraction of sp³-hybridized carbons (Fsp3) is 1.00. The van der Waals surface area contributed by atoms with E-state index in [-0.39, 0.29) is 19.6 Å². The summed E-state index contributed by atoms with van der Waals surface area (Å²) in [6.07, 6.45) is 0.0989. The SMILES string of the molecule is C[C@](S)(CO)CCOP(=O)(O)OP(=O)(O)O. The zero-order valence-electron chi connectivity index (χ0n) is 8.38. The molecule has 11 heteroatoms. The van der Waals surface area contributed by atoms with Crippen molar-refractivity contribution in [3.05, 3.63) is 0 Å². The van der Waals surface area contributed by atoms with Gasteiger partial charge in [-0.3, -0.25) is 4.52 Å². The molecule has 0 amide bonds. The Balaban J connectivity index is 4.11. The largest absolute Gasteiger partial charge is 0.481 e. The number of hydrogen-bond acceptors (Lipinski definition) is 6. The van der Waals surface area contributed by atoms with Gasteiger partial charge in [-0.2, -0.15) is 16.9 Å². The lowest BCUT2D eigenvalue weighted by molar-refractivity contribution is 0.163. The molecule has 0 aliphatic carbocycles. The molecule has 0 heterocycles. The lowest BCUT2D eigenvalue weighted by atomic mass is 10.1. The summed E-state index contributed by atoms with van der Waals surface area (Å²) in [6.45, 7) is 0.939. The molecule has 0 aromatic rings. The van der Waals surface area contributed by atoms with Crippen molar-refractivity contribution in [3.8, 4) is 0 Å². The number of phosphoric ester groups is 1. The van der Waals surface area contributed by atoms with Crippen LogP contribution in [0, 0.1) is 0 Å². The fourth-order valence-electron chi connectivity index (χ4n) is 0.618. The average Bonchev–Trinajstić information content (AvgIpc) is 1.98. The van der Waals surface area contributed by atoms with Crippen LogP contribution in [0.3, 0.4) is 0 Å². The summed E-state index contributed by atoms with van der Waals surface area (Å²) in [5, 5.41) is 8.79. The summed E-state index contributed by atoms with van der Waals surface area (Å²) in [7, 11) is -9.87. The van der Waals surface area contributed by atoms with Gasteiger partial charge in [0, 0.05) is 4.75 Å². The third-order valence-electron chi connectivity index (χ3n) is 1.45. The number of thiol groups is 1. The Morgan fingerprint density at radius 1 is 1.31 bits per heavy atom. The molecule has 98 valence electrons. The summed E-state index contributed by atoms with van der Waals surface area (Å²) in [6, 6.07) is 0. The van der Waals surface area contributed by atoms with Gasteiger partial charge in [-0.1, -0.05) is 0 Å². The lowest BCUT2D eigenvalue weighted by Crippen LogP contribution is -2.23. The smallest absolute Gasteiger partial charge is 0.395 e. The van der Waals surface area contributed by atoms with E-state index in [4.69, 9.17) is 19.8 Å². The molecule has 0 aliphatic heterocycles. The van der Waals surface area contributed by atoms with Gasteiger partial charge >= 0.3 is 15.6 Å². The average molecular weight is 296 g/mol. The van der Waals surface area contributed by atoms with Gasteiger partial charge in [-0.05, 0) is 13.3 Å². The van der Waals surface area contributed by atoms with E-state index in [1.165, 1.54) is 0 Å². The molecule has 2 atom stereocenters. The number of aliphatic hydroxyl groups excluding tert-OH is 1. The minimum absolute atomic E-state index is 0.0989. The Bertz CT molecular complexity index is 312. The molecule has 0 spiro atoms. The summed E-state index contributed by atoms with van der Waals surface area (Å²) in [5.41, 5.74) is 0. The highest BCUT2D eigenvalue weighted by Crippen LogP contribution is 2.57. The summed E-state index contributed by atoms with van der Waals surface area (Å²) >= 11 is 4.01. The second-order valence-corrected chi connectivity index (χ2v) is 7.19. The van der Waals surface area contributed by atoms with Crippen molar-refractivity contribution in [2.24, 2.45) is 0 Å². The molecule has 0 aromatic carbocycles. The first-order valence-corrected chi connectivity index (χ1v) is 7.52. The molecule has 0 bridgehead atoms.